The minimum absolute atomic E-state index is 0.142. The Hall–Kier alpha value is -3.03. The van der Waals surface area contributed by atoms with Crippen molar-refractivity contribution in [1.82, 2.24) is 20.2 Å². The van der Waals surface area contributed by atoms with Crippen molar-refractivity contribution in [2.75, 3.05) is 11.1 Å². The van der Waals surface area contributed by atoms with Gasteiger partial charge in [-0.3, -0.25) is 4.79 Å². The first-order valence-corrected chi connectivity index (χ1v) is 9.87. The Labute approximate surface area is 169 Å². The Kier molecular flexibility index (Phi) is 4.18. The van der Waals surface area contributed by atoms with Crippen LogP contribution in [-0.4, -0.2) is 31.8 Å². The van der Waals surface area contributed by atoms with Crippen LogP contribution in [0.4, 0.5) is 5.69 Å². The molecule has 0 saturated carbocycles. The van der Waals surface area contributed by atoms with Crippen molar-refractivity contribution < 1.29 is 4.79 Å². The number of carbonyl (C=O) groups excluding carboxylic acids is 1. The Morgan fingerprint density at radius 2 is 1.79 bits per heavy atom. The first-order chi connectivity index (χ1) is 13.7. The van der Waals surface area contributed by atoms with Gasteiger partial charge in [0.2, 0.25) is 11.1 Å². The van der Waals surface area contributed by atoms with Gasteiger partial charge in [0.15, 0.2) is 5.15 Å². The zero-order valence-corrected chi connectivity index (χ0v) is 16.0. The number of nitrogens with zero attached hydrogens (tertiary/aromatic N) is 4. The molecule has 136 valence electrons. The molecule has 8 heteroatoms. The van der Waals surface area contributed by atoms with Crippen LogP contribution in [0.5, 0.6) is 0 Å². The van der Waals surface area contributed by atoms with Gasteiger partial charge in [0, 0.05) is 22.7 Å². The molecule has 1 N–H and O–H groups in total. The number of amides is 1. The van der Waals surface area contributed by atoms with E-state index >= 15 is 0 Å². The summed E-state index contributed by atoms with van der Waals surface area (Å²) in [5.41, 5.74) is 4.16. The van der Waals surface area contributed by atoms with Gasteiger partial charge in [-0.05, 0) is 17.5 Å². The van der Waals surface area contributed by atoms with Gasteiger partial charge in [-0.1, -0.05) is 59.8 Å². The van der Waals surface area contributed by atoms with Gasteiger partial charge in [-0.25, -0.2) is 9.97 Å². The van der Waals surface area contributed by atoms with Crippen molar-refractivity contribution in [2.45, 2.75) is 5.16 Å². The highest BCUT2D eigenvalue weighted by Crippen LogP contribution is 2.44. The summed E-state index contributed by atoms with van der Waals surface area (Å²) in [5.74, 6) is -0.0718. The molecular formula is C20H12ClN5OS. The Balaban J connectivity index is 1.37. The van der Waals surface area contributed by atoms with E-state index in [1.165, 1.54) is 11.8 Å². The molecule has 1 aliphatic carbocycles. The molecule has 0 aliphatic heterocycles. The molecule has 2 aromatic heterocycles. The number of hydrogen-bond acceptors (Lipinski definition) is 6. The van der Waals surface area contributed by atoms with E-state index in [2.05, 4.69) is 37.6 Å². The number of rotatable bonds is 4. The molecule has 0 atom stereocenters. The van der Waals surface area contributed by atoms with E-state index in [0.717, 1.165) is 33.3 Å². The standard InChI is InChI=1S/C20H12ClN5OS/c21-19-14(8-3-9-22-19)23-15(27)10-28-20-24-17-12-6-1-4-11-5-2-7-13(16(11)12)18(17)25-26-20/h1-9H,10H2,(H,23,27). The van der Waals surface area contributed by atoms with E-state index in [4.69, 9.17) is 11.6 Å². The van der Waals surface area contributed by atoms with E-state index in [1.54, 1.807) is 18.3 Å². The summed E-state index contributed by atoms with van der Waals surface area (Å²) in [4.78, 5) is 20.8. The average Bonchev–Trinajstić information content (AvgIpc) is 3.04. The number of aromatic nitrogens is 4. The molecule has 6 nitrogen and oxygen atoms in total. The van der Waals surface area contributed by atoms with Crippen molar-refractivity contribution in [3.8, 4) is 22.5 Å². The topological polar surface area (TPSA) is 80.7 Å². The molecule has 0 radical (unpaired) electrons. The monoisotopic (exact) mass is 405 g/mol. The number of nitrogens with one attached hydrogen (secondary N) is 1. The summed E-state index contributed by atoms with van der Waals surface area (Å²) >= 11 is 7.19. The zero-order valence-electron chi connectivity index (χ0n) is 14.4. The van der Waals surface area contributed by atoms with Crippen LogP contribution in [0.2, 0.25) is 5.15 Å². The molecule has 2 aromatic carbocycles. The summed E-state index contributed by atoms with van der Waals surface area (Å²) in [5, 5.41) is 14.3. The molecule has 4 aromatic rings. The molecular weight excluding hydrogens is 394 g/mol. The third-order valence-corrected chi connectivity index (χ3v) is 5.59. The van der Waals surface area contributed by atoms with Crippen molar-refractivity contribution >= 4 is 45.7 Å². The van der Waals surface area contributed by atoms with E-state index in [0.29, 0.717) is 10.8 Å². The lowest BCUT2D eigenvalue weighted by Gasteiger charge is -2.06. The lowest BCUT2D eigenvalue weighted by molar-refractivity contribution is -0.113. The van der Waals surface area contributed by atoms with Crippen molar-refractivity contribution in [3.63, 3.8) is 0 Å². The Morgan fingerprint density at radius 3 is 2.57 bits per heavy atom. The second kappa shape index (κ2) is 6.85. The zero-order chi connectivity index (χ0) is 19.1. The minimum atomic E-state index is -0.214. The number of thioether (sulfide) groups is 1. The van der Waals surface area contributed by atoms with Gasteiger partial charge in [-0.2, -0.15) is 0 Å². The molecule has 0 spiro atoms. The number of hydrogen-bond donors (Lipinski definition) is 1. The van der Waals surface area contributed by atoms with Crippen LogP contribution < -0.4 is 5.32 Å². The maximum atomic E-state index is 12.2. The molecule has 0 fully saturated rings. The van der Waals surface area contributed by atoms with E-state index in [9.17, 15) is 4.79 Å². The van der Waals surface area contributed by atoms with Crippen LogP contribution in [-0.2, 0) is 4.79 Å². The molecule has 5 rings (SSSR count). The molecule has 0 unspecified atom stereocenters. The van der Waals surface area contributed by atoms with Gasteiger partial charge < -0.3 is 5.32 Å². The second-order valence-electron chi connectivity index (χ2n) is 6.18. The highest BCUT2D eigenvalue weighted by Gasteiger charge is 2.25. The van der Waals surface area contributed by atoms with Gasteiger partial charge >= 0.3 is 0 Å². The predicted octanol–water partition coefficient (Wildman–Crippen LogP) is 4.45. The first-order valence-electron chi connectivity index (χ1n) is 8.51. The van der Waals surface area contributed by atoms with E-state index in [1.807, 2.05) is 24.3 Å². The van der Waals surface area contributed by atoms with Crippen LogP contribution in [0, 0.1) is 0 Å². The van der Waals surface area contributed by atoms with Gasteiger partial charge in [0.1, 0.15) is 11.4 Å². The summed E-state index contributed by atoms with van der Waals surface area (Å²) in [7, 11) is 0. The van der Waals surface area contributed by atoms with Crippen LogP contribution in [0.3, 0.4) is 0 Å². The average molecular weight is 406 g/mol. The highest BCUT2D eigenvalue weighted by molar-refractivity contribution is 7.99. The molecule has 0 bridgehead atoms. The Bertz CT molecular complexity index is 1240. The molecule has 1 aliphatic rings. The highest BCUT2D eigenvalue weighted by atomic mass is 35.5. The minimum Gasteiger partial charge on any atom is -0.323 e. The quantitative estimate of drug-likeness (QED) is 0.351. The van der Waals surface area contributed by atoms with Crippen molar-refractivity contribution in [1.29, 1.82) is 0 Å². The largest absolute Gasteiger partial charge is 0.323 e. The third kappa shape index (κ3) is 2.89. The number of pyridine rings is 1. The summed E-state index contributed by atoms with van der Waals surface area (Å²) in [6.45, 7) is 0. The first kappa shape index (κ1) is 17.1. The third-order valence-electron chi connectivity index (χ3n) is 4.45. The van der Waals surface area contributed by atoms with Gasteiger partial charge in [0.25, 0.3) is 0 Å². The van der Waals surface area contributed by atoms with Crippen LogP contribution >= 0.6 is 23.4 Å². The van der Waals surface area contributed by atoms with Gasteiger partial charge in [0.05, 0.1) is 11.4 Å². The van der Waals surface area contributed by atoms with Gasteiger partial charge in [-0.15, -0.1) is 10.2 Å². The van der Waals surface area contributed by atoms with Crippen molar-refractivity contribution in [2.24, 2.45) is 0 Å². The number of benzene rings is 2. The summed E-state index contributed by atoms with van der Waals surface area (Å²) in [6.07, 6.45) is 1.56. The normalized spacial score (nSPS) is 11.5. The number of fused-ring (bicyclic) bond motifs is 3. The van der Waals surface area contributed by atoms with Crippen LogP contribution in [0.15, 0.2) is 59.9 Å². The number of halogens is 1. The van der Waals surface area contributed by atoms with E-state index < -0.39 is 0 Å². The molecule has 1 amide bonds. The number of anilines is 1. The van der Waals surface area contributed by atoms with Crippen molar-refractivity contribution in [3.05, 3.63) is 59.9 Å². The maximum Gasteiger partial charge on any atom is 0.234 e. The van der Waals surface area contributed by atoms with E-state index in [-0.39, 0.29) is 16.8 Å². The molecule has 2 heterocycles. The number of carbonyl (C=O) groups is 1. The van der Waals surface area contributed by atoms with Crippen LogP contribution in [0.1, 0.15) is 0 Å². The lowest BCUT2D eigenvalue weighted by atomic mass is 10.0. The lowest BCUT2D eigenvalue weighted by Crippen LogP contribution is -2.15. The smallest absolute Gasteiger partial charge is 0.234 e. The fraction of sp³-hybridized carbons (Fsp3) is 0.0500. The maximum absolute atomic E-state index is 12.2. The Morgan fingerprint density at radius 1 is 1.00 bits per heavy atom. The summed E-state index contributed by atoms with van der Waals surface area (Å²) in [6, 6.07) is 15.6. The molecule has 0 saturated heterocycles. The van der Waals surface area contributed by atoms with Crippen LogP contribution in [0.25, 0.3) is 33.3 Å². The fourth-order valence-electron chi connectivity index (χ4n) is 3.27. The fourth-order valence-corrected chi connectivity index (χ4v) is 4.03. The predicted molar refractivity (Wildman–Crippen MR) is 110 cm³/mol. The second-order valence-corrected chi connectivity index (χ2v) is 7.48. The summed E-state index contributed by atoms with van der Waals surface area (Å²) < 4.78 is 0. The SMILES string of the molecule is O=C(CSc1nnc2c(n1)-c1cccc3cccc-2c13)Nc1cccnc1Cl. The molecule has 28 heavy (non-hydrogen) atoms.